The Morgan fingerprint density at radius 1 is 0.575 bits per heavy atom. The minimum absolute atomic E-state index is 0. The standard InChI is InChI=1S/C32H25N7.Pt/c1-20-22(3)35-14-16-37(31(35)33-20)24-8-7-9-26(18-24)39-29-11-6-5-10-27(29)28-13-12-25(19-30(28)39)38-17-15-36-23(4)21(2)34-32(36)38;/h5-17H,1-4H3;/q-2;+2. The maximum atomic E-state index is 4.81. The quantitative estimate of drug-likeness (QED) is 0.198. The molecule has 0 aliphatic carbocycles. The Kier molecular flexibility index (Phi) is 5.45. The first-order chi connectivity index (χ1) is 19.0. The number of benzene rings is 3. The van der Waals surface area contributed by atoms with Crippen LogP contribution in [0, 0.1) is 39.8 Å². The zero-order valence-electron chi connectivity index (χ0n) is 22.5. The SMILES string of the molecule is Cc1nc2n(-c3[c-]c(-n4c5[c-]c(-n6ccn7c(C)c(C)nc67)ccc5c5ccccc54)ccc3)ccn2c1C.[Pt+2]. The fourth-order valence-corrected chi connectivity index (χ4v) is 5.68. The molecule has 0 bridgehead atoms. The fraction of sp³-hybridized carbons (Fsp3) is 0.125. The second-order valence-corrected chi connectivity index (χ2v) is 10.1. The van der Waals surface area contributed by atoms with Gasteiger partial charge in [-0.2, -0.15) is 12.1 Å². The monoisotopic (exact) mass is 702 g/mol. The summed E-state index contributed by atoms with van der Waals surface area (Å²) in [7, 11) is 0. The molecule has 5 aromatic heterocycles. The van der Waals surface area contributed by atoms with Crippen molar-refractivity contribution in [2.24, 2.45) is 0 Å². The van der Waals surface area contributed by atoms with Gasteiger partial charge in [0.25, 0.3) is 0 Å². The van der Waals surface area contributed by atoms with E-state index < -0.39 is 0 Å². The maximum Gasteiger partial charge on any atom is 2.00 e. The molecule has 0 saturated heterocycles. The fourth-order valence-electron chi connectivity index (χ4n) is 5.68. The average molecular weight is 703 g/mol. The van der Waals surface area contributed by atoms with Crippen molar-refractivity contribution in [2.45, 2.75) is 27.7 Å². The number of rotatable bonds is 3. The Morgan fingerprint density at radius 2 is 1.18 bits per heavy atom. The van der Waals surface area contributed by atoms with Gasteiger partial charge in [0, 0.05) is 41.7 Å². The Hall–Kier alpha value is -4.35. The van der Waals surface area contributed by atoms with Crippen LogP contribution in [0.1, 0.15) is 22.8 Å². The van der Waals surface area contributed by atoms with E-state index in [0.29, 0.717) is 0 Å². The van der Waals surface area contributed by atoms with E-state index in [2.05, 4.69) is 122 Å². The first-order valence-corrected chi connectivity index (χ1v) is 13.0. The number of aromatic nitrogens is 7. The Bertz CT molecular complexity index is 2230. The molecule has 5 heterocycles. The Labute approximate surface area is 245 Å². The second-order valence-electron chi connectivity index (χ2n) is 10.1. The third-order valence-electron chi connectivity index (χ3n) is 7.99. The third kappa shape index (κ3) is 3.34. The topological polar surface area (TPSA) is 49.4 Å². The number of fused-ring (bicyclic) bond motifs is 5. The molecule has 0 N–H and O–H groups in total. The van der Waals surface area contributed by atoms with Crippen LogP contribution in [0.15, 0.2) is 79.4 Å². The first kappa shape index (κ1) is 24.7. The summed E-state index contributed by atoms with van der Waals surface area (Å²) in [5.41, 5.74) is 9.29. The van der Waals surface area contributed by atoms with Crippen LogP contribution in [-0.4, -0.2) is 32.5 Å². The molecule has 0 atom stereocenters. The van der Waals surface area contributed by atoms with E-state index >= 15 is 0 Å². The predicted molar refractivity (Wildman–Crippen MR) is 154 cm³/mol. The molecule has 0 unspecified atom stereocenters. The van der Waals surface area contributed by atoms with Gasteiger partial charge >= 0.3 is 21.1 Å². The second kappa shape index (κ2) is 8.83. The van der Waals surface area contributed by atoms with Crippen LogP contribution in [0.2, 0.25) is 0 Å². The van der Waals surface area contributed by atoms with Crippen LogP contribution in [0.3, 0.4) is 0 Å². The minimum Gasteiger partial charge on any atom is -0.358 e. The number of aryl methyl sites for hydroxylation is 4. The van der Waals surface area contributed by atoms with Crippen molar-refractivity contribution in [3.05, 3.63) is 114 Å². The van der Waals surface area contributed by atoms with Crippen molar-refractivity contribution in [1.29, 1.82) is 0 Å². The predicted octanol–water partition coefficient (Wildman–Crippen LogP) is 6.49. The number of para-hydroxylation sites is 1. The van der Waals surface area contributed by atoms with Gasteiger partial charge in [0.2, 0.25) is 11.6 Å². The molecule has 198 valence electrons. The molecule has 0 saturated carbocycles. The molecule has 3 aromatic carbocycles. The number of hydrogen-bond acceptors (Lipinski definition) is 2. The molecule has 40 heavy (non-hydrogen) atoms. The van der Waals surface area contributed by atoms with Crippen LogP contribution >= 0.6 is 0 Å². The Morgan fingerprint density at radius 3 is 1.85 bits per heavy atom. The van der Waals surface area contributed by atoms with E-state index in [0.717, 1.165) is 67.8 Å². The first-order valence-electron chi connectivity index (χ1n) is 13.0. The van der Waals surface area contributed by atoms with Crippen molar-refractivity contribution in [2.75, 3.05) is 0 Å². The maximum absolute atomic E-state index is 4.81. The van der Waals surface area contributed by atoms with E-state index in [-0.39, 0.29) is 21.1 Å². The van der Waals surface area contributed by atoms with Gasteiger partial charge in [0.1, 0.15) is 0 Å². The molecule has 8 aromatic rings. The van der Waals surface area contributed by atoms with Gasteiger partial charge in [-0.15, -0.1) is 35.7 Å². The van der Waals surface area contributed by atoms with Gasteiger partial charge < -0.3 is 13.7 Å². The van der Waals surface area contributed by atoms with Crippen molar-refractivity contribution in [3.63, 3.8) is 0 Å². The van der Waals surface area contributed by atoms with Gasteiger partial charge in [-0.05, 0) is 39.1 Å². The van der Waals surface area contributed by atoms with E-state index in [9.17, 15) is 0 Å². The smallest absolute Gasteiger partial charge is 0.358 e. The zero-order valence-corrected chi connectivity index (χ0v) is 24.7. The van der Waals surface area contributed by atoms with Gasteiger partial charge in [-0.25, -0.2) is 9.97 Å². The number of hydrogen-bond donors (Lipinski definition) is 0. The largest absolute Gasteiger partial charge is 2.00 e. The van der Waals surface area contributed by atoms with Crippen LogP contribution in [0.25, 0.3) is 50.4 Å². The van der Waals surface area contributed by atoms with Crippen molar-refractivity contribution in [1.82, 2.24) is 32.5 Å². The average Bonchev–Trinajstić information content (AvgIpc) is 3.74. The third-order valence-corrected chi connectivity index (χ3v) is 7.99. The van der Waals surface area contributed by atoms with Crippen LogP contribution < -0.4 is 0 Å². The summed E-state index contributed by atoms with van der Waals surface area (Å²) in [5.74, 6) is 1.77. The van der Waals surface area contributed by atoms with Crippen LogP contribution in [0.5, 0.6) is 0 Å². The summed E-state index contributed by atoms with van der Waals surface area (Å²) < 4.78 is 10.7. The summed E-state index contributed by atoms with van der Waals surface area (Å²) in [6, 6.07) is 26.5. The van der Waals surface area contributed by atoms with Gasteiger partial charge in [0.15, 0.2) is 0 Å². The molecule has 0 amide bonds. The molecule has 0 aliphatic rings. The molecule has 8 rings (SSSR count). The van der Waals surface area contributed by atoms with Crippen molar-refractivity contribution < 1.29 is 21.1 Å². The summed E-state index contributed by atoms with van der Waals surface area (Å²) >= 11 is 0. The van der Waals surface area contributed by atoms with E-state index in [1.807, 2.05) is 20.0 Å². The summed E-state index contributed by atoms with van der Waals surface area (Å²) in [4.78, 5) is 9.60. The summed E-state index contributed by atoms with van der Waals surface area (Å²) in [6.45, 7) is 8.28. The number of imidazole rings is 4. The van der Waals surface area contributed by atoms with Crippen molar-refractivity contribution in [3.8, 4) is 17.1 Å². The molecular formula is C32H25N7Pt. The van der Waals surface area contributed by atoms with Crippen LogP contribution in [0.4, 0.5) is 0 Å². The zero-order chi connectivity index (χ0) is 26.4. The summed E-state index contributed by atoms with van der Waals surface area (Å²) in [5, 5.41) is 2.33. The Balaban J connectivity index is 0.00000264. The van der Waals surface area contributed by atoms with E-state index in [4.69, 9.17) is 9.97 Å². The molecule has 8 heteroatoms. The van der Waals surface area contributed by atoms with E-state index in [1.54, 1.807) is 0 Å². The minimum atomic E-state index is 0. The summed E-state index contributed by atoms with van der Waals surface area (Å²) in [6.07, 6.45) is 8.22. The molecular weight excluding hydrogens is 677 g/mol. The normalized spacial score (nSPS) is 11.8. The molecule has 0 fully saturated rings. The molecule has 0 aliphatic heterocycles. The number of nitrogens with zero attached hydrogens (tertiary/aromatic N) is 7. The van der Waals surface area contributed by atoms with Gasteiger partial charge in [-0.3, -0.25) is 8.80 Å². The van der Waals surface area contributed by atoms with Crippen molar-refractivity contribution >= 4 is 33.4 Å². The van der Waals surface area contributed by atoms with Gasteiger partial charge in [0.05, 0.1) is 11.4 Å². The molecule has 0 radical (unpaired) electrons. The van der Waals surface area contributed by atoms with Gasteiger partial charge in [-0.1, -0.05) is 40.8 Å². The van der Waals surface area contributed by atoms with E-state index in [1.165, 1.54) is 5.39 Å². The van der Waals surface area contributed by atoms with Crippen LogP contribution in [-0.2, 0) is 21.1 Å². The molecule has 7 nitrogen and oxygen atoms in total. The molecule has 0 spiro atoms.